The van der Waals surface area contributed by atoms with Crippen molar-refractivity contribution in [2.24, 2.45) is 0 Å². The number of benzene rings is 1. The second kappa shape index (κ2) is 6.51. The predicted octanol–water partition coefficient (Wildman–Crippen LogP) is 2.98. The minimum atomic E-state index is -2.19. The van der Waals surface area contributed by atoms with Gasteiger partial charge in [-0.1, -0.05) is 12.1 Å². The first-order chi connectivity index (χ1) is 11.8. The SMILES string of the molecule is COC(=O)C1(F)CCN(C(=O)c2nc(C)sc2-c2ccc(F)cc2)C1. The summed E-state index contributed by atoms with van der Waals surface area (Å²) in [6.07, 6.45) is -0.111. The molecule has 0 spiro atoms. The lowest BCUT2D eigenvalue weighted by Gasteiger charge is -2.18. The number of esters is 1. The van der Waals surface area contributed by atoms with E-state index in [0.717, 1.165) is 7.11 Å². The van der Waals surface area contributed by atoms with Gasteiger partial charge in [-0.3, -0.25) is 4.79 Å². The standard InChI is InChI=1S/C17H16F2N2O3S/c1-10-20-13(14(25-10)11-3-5-12(18)6-4-11)15(22)21-8-7-17(19,9-21)16(23)24-2/h3-6H,7-9H2,1-2H3. The molecule has 1 saturated heterocycles. The molecule has 0 N–H and O–H groups in total. The van der Waals surface area contributed by atoms with E-state index < -0.39 is 17.5 Å². The molecule has 1 aromatic heterocycles. The zero-order valence-electron chi connectivity index (χ0n) is 13.7. The fourth-order valence-electron chi connectivity index (χ4n) is 2.81. The predicted molar refractivity (Wildman–Crippen MR) is 88.6 cm³/mol. The van der Waals surface area contributed by atoms with Crippen LogP contribution in [0.2, 0.25) is 0 Å². The molecule has 2 aromatic rings. The third-order valence-corrected chi connectivity index (χ3v) is 5.12. The number of hydrogen-bond donors (Lipinski definition) is 0. The normalized spacial score (nSPS) is 19.9. The largest absolute Gasteiger partial charge is 0.467 e. The molecule has 5 nitrogen and oxygen atoms in total. The molecule has 0 saturated carbocycles. The summed E-state index contributed by atoms with van der Waals surface area (Å²) in [6.45, 7) is 1.49. The van der Waals surface area contributed by atoms with E-state index in [2.05, 4.69) is 9.72 Å². The van der Waals surface area contributed by atoms with Gasteiger partial charge < -0.3 is 9.64 Å². The quantitative estimate of drug-likeness (QED) is 0.784. The van der Waals surface area contributed by atoms with Crippen LogP contribution in [-0.2, 0) is 9.53 Å². The number of thiazole rings is 1. The van der Waals surface area contributed by atoms with E-state index in [-0.39, 0.29) is 31.0 Å². The van der Waals surface area contributed by atoms with Crippen molar-refractivity contribution in [3.05, 3.63) is 40.8 Å². The lowest BCUT2D eigenvalue weighted by atomic mass is 10.1. The van der Waals surface area contributed by atoms with Crippen molar-refractivity contribution in [2.75, 3.05) is 20.2 Å². The van der Waals surface area contributed by atoms with Crippen LogP contribution in [0.3, 0.4) is 0 Å². The first-order valence-electron chi connectivity index (χ1n) is 7.64. The van der Waals surface area contributed by atoms with Gasteiger partial charge in [0.1, 0.15) is 11.5 Å². The fourth-order valence-corrected chi connectivity index (χ4v) is 3.73. The number of amides is 1. The highest BCUT2D eigenvalue weighted by Crippen LogP contribution is 2.33. The van der Waals surface area contributed by atoms with Crippen molar-refractivity contribution >= 4 is 23.2 Å². The van der Waals surface area contributed by atoms with Crippen molar-refractivity contribution < 1.29 is 23.1 Å². The van der Waals surface area contributed by atoms with Gasteiger partial charge >= 0.3 is 5.97 Å². The van der Waals surface area contributed by atoms with E-state index in [9.17, 15) is 18.4 Å². The van der Waals surface area contributed by atoms with Crippen LogP contribution in [0.15, 0.2) is 24.3 Å². The van der Waals surface area contributed by atoms with Crippen molar-refractivity contribution in [3.8, 4) is 10.4 Å². The maximum atomic E-state index is 14.6. The molecule has 8 heteroatoms. The number of nitrogens with zero attached hydrogens (tertiary/aromatic N) is 2. The van der Waals surface area contributed by atoms with Gasteiger partial charge in [-0.05, 0) is 24.6 Å². The van der Waals surface area contributed by atoms with Crippen molar-refractivity contribution in [3.63, 3.8) is 0 Å². The number of ether oxygens (including phenoxy) is 1. The van der Waals surface area contributed by atoms with Gasteiger partial charge in [-0.2, -0.15) is 0 Å². The summed E-state index contributed by atoms with van der Waals surface area (Å²) in [7, 11) is 1.12. The summed E-state index contributed by atoms with van der Waals surface area (Å²) in [4.78, 5) is 30.5. The molecule has 1 fully saturated rings. The van der Waals surface area contributed by atoms with Gasteiger partial charge in [-0.15, -0.1) is 11.3 Å². The number of hydrogen-bond acceptors (Lipinski definition) is 5. The Morgan fingerprint density at radius 1 is 1.32 bits per heavy atom. The van der Waals surface area contributed by atoms with Gasteiger partial charge in [0.2, 0.25) is 5.67 Å². The van der Waals surface area contributed by atoms with Crippen molar-refractivity contribution in [2.45, 2.75) is 19.0 Å². The highest BCUT2D eigenvalue weighted by atomic mass is 32.1. The average molecular weight is 366 g/mol. The van der Waals surface area contributed by atoms with Gasteiger partial charge in [-0.25, -0.2) is 18.6 Å². The number of carbonyl (C=O) groups excluding carboxylic acids is 2. The van der Waals surface area contributed by atoms with Crippen molar-refractivity contribution in [1.29, 1.82) is 0 Å². The Labute approximate surface area is 147 Å². The molecule has 3 rings (SSSR count). The van der Waals surface area contributed by atoms with E-state index >= 15 is 0 Å². The molecule has 132 valence electrons. The first kappa shape index (κ1) is 17.5. The number of halogens is 2. The maximum absolute atomic E-state index is 14.6. The molecule has 0 radical (unpaired) electrons. The summed E-state index contributed by atoms with van der Waals surface area (Å²) < 4.78 is 32.2. The van der Waals surface area contributed by atoms with Gasteiger partial charge in [0.25, 0.3) is 5.91 Å². The third kappa shape index (κ3) is 3.26. The van der Waals surface area contributed by atoms with Crippen LogP contribution in [0.4, 0.5) is 8.78 Å². The Balaban J connectivity index is 1.89. The highest BCUT2D eigenvalue weighted by Gasteiger charge is 2.48. The maximum Gasteiger partial charge on any atom is 0.345 e. The Kier molecular flexibility index (Phi) is 4.55. The lowest BCUT2D eigenvalue weighted by Crippen LogP contribution is -2.40. The van der Waals surface area contributed by atoms with E-state index in [1.54, 1.807) is 19.1 Å². The zero-order chi connectivity index (χ0) is 18.2. The number of alkyl halides is 1. The van der Waals surface area contributed by atoms with Gasteiger partial charge in [0, 0.05) is 13.0 Å². The molecule has 1 aliphatic heterocycles. The molecule has 1 aliphatic rings. The molecule has 2 heterocycles. The molecule has 0 bridgehead atoms. The number of likely N-dealkylation sites (tertiary alicyclic amines) is 1. The molecular formula is C17H16F2N2O3S. The lowest BCUT2D eigenvalue weighted by molar-refractivity contribution is -0.153. The summed E-state index contributed by atoms with van der Waals surface area (Å²) in [5, 5.41) is 0.668. The summed E-state index contributed by atoms with van der Waals surface area (Å²) in [6, 6.07) is 5.74. The molecule has 1 amide bonds. The minimum absolute atomic E-state index is 0.101. The summed E-state index contributed by atoms with van der Waals surface area (Å²) >= 11 is 1.30. The molecule has 25 heavy (non-hydrogen) atoms. The zero-order valence-corrected chi connectivity index (χ0v) is 14.5. The summed E-state index contributed by atoms with van der Waals surface area (Å²) in [5.74, 6) is -1.80. The second-order valence-electron chi connectivity index (χ2n) is 5.85. The minimum Gasteiger partial charge on any atom is -0.467 e. The van der Waals surface area contributed by atoms with E-state index in [0.29, 0.717) is 15.4 Å². The van der Waals surface area contributed by atoms with Crippen LogP contribution < -0.4 is 0 Å². The first-order valence-corrected chi connectivity index (χ1v) is 8.46. The van der Waals surface area contributed by atoms with Crippen LogP contribution in [0.25, 0.3) is 10.4 Å². The number of carbonyl (C=O) groups is 2. The van der Waals surface area contributed by atoms with Gasteiger partial charge in [0.05, 0.1) is 23.5 Å². The van der Waals surface area contributed by atoms with Gasteiger partial charge in [0.15, 0.2) is 0 Å². The number of methoxy groups -OCH3 is 1. The average Bonchev–Trinajstić information content (AvgIpc) is 3.18. The number of aryl methyl sites for hydroxylation is 1. The number of rotatable bonds is 3. The molecule has 1 unspecified atom stereocenters. The molecule has 1 atom stereocenters. The van der Waals surface area contributed by atoms with E-state index in [1.165, 1.54) is 28.4 Å². The van der Waals surface area contributed by atoms with Crippen LogP contribution in [0.1, 0.15) is 21.9 Å². The Hall–Kier alpha value is -2.35. The molecule has 0 aliphatic carbocycles. The molecular weight excluding hydrogens is 350 g/mol. The Morgan fingerprint density at radius 2 is 2.00 bits per heavy atom. The third-order valence-electron chi connectivity index (χ3n) is 4.10. The topological polar surface area (TPSA) is 59.5 Å². The van der Waals surface area contributed by atoms with Crippen molar-refractivity contribution in [1.82, 2.24) is 9.88 Å². The summed E-state index contributed by atoms with van der Waals surface area (Å²) in [5.41, 5.74) is -1.34. The highest BCUT2D eigenvalue weighted by molar-refractivity contribution is 7.15. The molecule has 1 aromatic carbocycles. The smallest absolute Gasteiger partial charge is 0.345 e. The van der Waals surface area contributed by atoms with E-state index in [1.807, 2.05) is 0 Å². The van der Waals surface area contributed by atoms with Crippen LogP contribution in [0.5, 0.6) is 0 Å². The van der Waals surface area contributed by atoms with E-state index in [4.69, 9.17) is 0 Å². The van der Waals surface area contributed by atoms with Crippen LogP contribution in [0, 0.1) is 12.7 Å². The monoisotopic (exact) mass is 366 g/mol. The Bertz CT molecular complexity index is 822. The van der Waals surface area contributed by atoms with Crippen LogP contribution in [-0.4, -0.2) is 47.6 Å². The Morgan fingerprint density at radius 3 is 2.64 bits per heavy atom. The fraction of sp³-hybridized carbons (Fsp3) is 0.353. The number of aromatic nitrogens is 1. The second-order valence-corrected chi connectivity index (χ2v) is 7.05. The van der Waals surface area contributed by atoms with Crippen LogP contribution >= 0.6 is 11.3 Å².